The number of amides is 2. The summed E-state index contributed by atoms with van der Waals surface area (Å²) in [6, 6.07) is 7.63. The Morgan fingerprint density at radius 2 is 1.50 bits per heavy atom. The van der Waals surface area contributed by atoms with Crippen LogP contribution in [0.2, 0.25) is 0 Å². The molecule has 3 nitrogen and oxygen atoms in total. The molecular formula is C23H22F8N2O. The standard InChI is InChI=1S/C23H22F8N2O/c1-20(2)12-21(11-18(24)25,14-6-4-3-5-7-14)33(13-20)19(34)32-17-9-15(22(26,27)28)8-16(10-17)23(29,30)31/h3-10,18H,11-13H2,1-2H3,(H,32,34)/t21-/m0/s1. The molecule has 2 amide bonds. The average molecular weight is 494 g/mol. The van der Waals surface area contributed by atoms with Crippen LogP contribution in [0.25, 0.3) is 0 Å². The molecule has 0 saturated carbocycles. The lowest BCUT2D eigenvalue weighted by molar-refractivity contribution is -0.143. The zero-order chi connectivity index (χ0) is 25.5. The van der Waals surface area contributed by atoms with Gasteiger partial charge in [-0.15, -0.1) is 0 Å². The van der Waals surface area contributed by atoms with E-state index in [1.165, 1.54) is 0 Å². The van der Waals surface area contributed by atoms with Crippen molar-refractivity contribution in [2.24, 2.45) is 5.41 Å². The summed E-state index contributed by atoms with van der Waals surface area (Å²) in [4.78, 5) is 14.3. The fourth-order valence-corrected chi connectivity index (χ4v) is 4.57. The van der Waals surface area contributed by atoms with Crippen molar-refractivity contribution < 1.29 is 39.9 Å². The van der Waals surface area contributed by atoms with Crippen LogP contribution in [-0.4, -0.2) is 23.9 Å². The van der Waals surface area contributed by atoms with Gasteiger partial charge in [-0.25, -0.2) is 13.6 Å². The van der Waals surface area contributed by atoms with Crippen LogP contribution in [0.5, 0.6) is 0 Å². The molecule has 0 bridgehead atoms. The number of nitrogens with zero attached hydrogens (tertiary/aromatic N) is 1. The summed E-state index contributed by atoms with van der Waals surface area (Å²) in [6.07, 6.45) is -13.6. The molecule has 34 heavy (non-hydrogen) atoms. The Kier molecular flexibility index (Phi) is 6.62. The average Bonchev–Trinajstić information content (AvgIpc) is 2.98. The van der Waals surface area contributed by atoms with Crippen LogP contribution in [0.15, 0.2) is 48.5 Å². The third-order valence-electron chi connectivity index (χ3n) is 5.76. The number of hydrogen-bond donors (Lipinski definition) is 1. The van der Waals surface area contributed by atoms with Crippen molar-refractivity contribution in [1.29, 1.82) is 0 Å². The van der Waals surface area contributed by atoms with Crippen molar-refractivity contribution in [1.82, 2.24) is 4.90 Å². The van der Waals surface area contributed by atoms with Gasteiger partial charge >= 0.3 is 18.4 Å². The summed E-state index contributed by atoms with van der Waals surface area (Å²) < 4.78 is 107. The zero-order valence-electron chi connectivity index (χ0n) is 18.2. The van der Waals surface area contributed by atoms with E-state index < -0.39 is 59.0 Å². The fraction of sp³-hybridized carbons (Fsp3) is 0.435. The van der Waals surface area contributed by atoms with E-state index in [2.05, 4.69) is 5.32 Å². The van der Waals surface area contributed by atoms with Gasteiger partial charge in [-0.2, -0.15) is 26.3 Å². The minimum atomic E-state index is -5.10. The Bertz CT molecular complexity index is 1000. The molecule has 1 N–H and O–H groups in total. The molecular weight excluding hydrogens is 472 g/mol. The number of benzene rings is 2. The van der Waals surface area contributed by atoms with Gasteiger partial charge in [0, 0.05) is 18.7 Å². The topological polar surface area (TPSA) is 32.3 Å². The van der Waals surface area contributed by atoms with Gasteiger partial charge in [0.05, 0.1) is 16.7 Å². The van der Waals surface area contributed by atoms with Gasteiger partial charge in [-0.05, 0) is 35.6 Å². The number of halogens is 8. The lowest BCUT2D eigenvalue weighted by Crippen LogP contribution is -2.48. The van der Waals surface area contributed by atoms with Crippen molar-refractivity contribution in [2.75, 3.05) is 11.9 Å². The molecule has 11 heteroatoms. The largest absolute Gasteiger partial charge is 0.416 e. The number of likely N-dealkylation sites (tertiary alicyclic amines) is 1. The summed E-state index contributed by atoms with van der Waals surface area (Å²) in [6.45, 7) is 3.45. The van der Waals surface area contributed by atoms with E-state index in [1.807, 2.05) is 0 Å². The number of carbonyl (C=O) groups excluding carboxylic acids is 1. The van der Waals surface area contributed by atoms with E-state index in [1.54, 1.807) is 44.2 Å². The van der Waals surface area contributed by atoms with E-state index >= 15 is 0 Å². The molecule has 1 atom stereocenters. The SMILES string of the molecule is CC1(C)CN(C(=O)Nc2cc(C(F)(F)F)cc(C(F)(F)F)c2)[C@](CC(F)F)(c2ccccc2)C1. The summed E-state index contributed by atoms with van der Waals surface area (Å²) in [7, 11) is 0. The van der Waals surface area contributed by atoms with Gasteiger partial charge in [0.15, 0.2) is 0 Å². The molecule has 1 aliphatic heterocycles. The maximum absolute atomic E-state index is 13.7. The van der Waals surface area contributed by atoms with Crippen molar-refractivity contribution in [3.8, 4) is 0 Å². The van der Waals surface area contributed by atoms with Crippen LogP contribution in [0.4, 0.5) is 45.6 Å². The highest BCUT2D eigenvalue weighted by atomic mass is 19.4. The lowest BCUT2D eigenvalue weighted by atomic mass is 9.77. The Morgan fingerprint density at radius 1 is 0.971 bits per heavy atom. The number of urea groups is 1. The molecule has 0 aromatic heterocycles. The highest BCUT2D eigenvalue weighted by molar-refractivity contribution is 5.90. The molecule has 1 fully saturated rings. The van der Waals surface area contributed by atoms with Gasteiger partial charge in [0.25, 0.3) is 0 Å². The minimum absolute atomic E-state index is 0.0362. The van der Waals surface area contributed by atoms with Crippen LogP contribution in [0.3, 0.4) is 0 Å². The number of rotatable bonds is 4. The molecule has 2 aromatic carbocycles. The van der Waals surface area contributed by atoms with Crippen LogP contribution < -0.4 is 5.32 Å². The Morgan fingerprint density at radius 3 is 1.97 bits per heavy atom. The number of hydrogen-bond acceptors (Lipinski definition) is 1. The Hall–Kier alpha value is -2.85. The van der Waals surface area contributed by atoms with Gasteiger partial charge in [0.1, 0.15) is 0 Å². The number of nitrogens with one attached hydrogen (secondary N) is 1. The molecule has 1 heterocycles. The third-order valence-corrected chi connectivity index (χ3v) is 5.76. The number of carbonyl (C=O) groups is 1. The maximum atomic E-state index is 13.7. The van der Waals surface area contributed by atoms with Crippen LogP contribution in [0, 0.1) is 5.41 Å². The van der Waals surface area contributed by atoms with Crippen LogP contribution in [-0.2, 0) is 17.9 Å². The van der Waals surface area contributed by atoms with Crippen molar-refractivity contribution >= 4 is 11.7 Å². The summed E-state index contributed by atoms with van der Waals surface area (Å²) in [5.74, 6) is 0. The predicted molar refractivity (Wildman–Crippen MR) is 109 cm³/mol. The zero-order valence-corrected chi connectivity index (χ0v) is 18.2. The first-order chi connectivity index (χ1) is 15.5. The Labute approximate surface area is 190 Å². The molecule has 1 saturated heterocycles. The lowest BCUT2D eigenvalue weighted by Gasteiger charge is -2.39. The van der Waals surface area contributed by atoms with E-state index in [0.29, 0.717) is 17.7 Å². The predicted octanol–water partition coefficient (Wildman–Crippen LogP) is 7.54. The Balaban J connectivity index is 2.06. The molecule has 0 aliphatic carbocycles. The van der Waals surface area contributed by atoms with Crippen LogP contribution >= 0.6 is 0 Å². The first-order valence-electron chi connectivity index (χ1n) is 10.3. The summed E-state index contributed by atoms with van der Waals surface area (Å²) in [5, 5.41) is 2.09. The summed E-state index contributed by atoms with van der Waals surface area (Å²) in [5.41, 5.74) is -5.68. The monoisotopic (exact) mass is 494 g/mol. The van der Waals surface area contributed by atoms with Crippen molar-refractivity contribution in [3.63, 3.8) is 0 Å². The second-order valence-electron chi connectivity index (χ2n) is 9.14. The quantitative estimate of drug-likeness (QED) is 0.438. The smallest absolute Gasteiger partial charge is 0.314 e. The molecule has 0 spiro atoms. The minimum Gasteiger partial charge on any atom is -0.314 e. The molecule has 2 aromatic rings. The maximum Gasteiger partial charge on any atom is 0.416 e. The molecule has 1 aliphatic rings. The first kappa shape index (κ1) is 25.8. The molecule has 186 valence electrons. The first-order valence-corrected chi connectivity index (χ1v) is 10.3. The van der Waals surface area contributed by atoms with E-state index in [0.717, 1.165) is 4.90 Å². The molecule has 3 rings (SSSR count). The second-order valence-corrected chi connectivity index (χ2v) is 9.14. The van der Waals surface area contributed by atoms with E-state index in [-0.39, 0.29) is 19.0 Å². The molecule has 0 unspecified atom stereocenters. The fourth-order valence-electron chi connectivity index (χ4n) is 4.57. The van der Waals surface area contributed by atoms with Gasteiger partial charge < -0.3 is 10.2 Å². The second kappa shape index (κ2) is 8.74. The molecule has 0 radical (unpaired) electrons. The van der Waals surface area contributed by atoms with Crippen molar-refractivity contribution in [3.05, 3.63) is 65.2 Å². The van der Waals surface area contributed by atoms with E-state index in [9.17, 15) is 39.9 Å². The summed E-state index contributed by atoms with van der Waals surface area (Å²) >= 11 is 0. The van der Waals surface area contributed by atoms with Crippen molar-refractivity contribution in [2.45, 2.75) is 51.0 Å². The van der Waals surface area contributed by atoms with Crippen LogP contribution in [0.1, 0.15) is 43.4 Å². The normalized spacial score (nSPS) is 20.6. The number of anilines is 1. The highest BCUT2D eigenvalue weighted by Gasteiger charge is 2.53. The van der Waals surface area contributed by atoms with Gasteiger partial charge in [-0.3, -0.25) is 0 Å². The van der Waals surface area contributed by atoms with Gasteiger partial charge in [0.2, 0.25) is 6.43 Å². The van der Waals surface area contributed by atoms with Gasteiger partial charge in [-0.1, -0.05) is 44.2 Å². The third kappa shape index (κ3) is 5.44. The number of alkyl halides is 8. The van der Waals surface area contributed by atoms with E-state index in [4.69, 9.17) is 0 Å². The highest BCUT2D eigenvalue weighted by Crippen LogP contribution is 2.51.